The molecule has 4 nitrogen and oxygen atoms in total. The Hall–Kier alpha value is -1.39. The molecule has 0 unspecified atom stereocenters. The lowest BCUT2D eigenvalue weighted by atomic mass is 9.93. The first kappa shape index (κ1) is 15.0. The van der Waals surface area contributed by atoms with Crippen molar-refractivity contribution in [2.75, 3.05) is 13.7 Å². The lowest BCUT2D eigenvalue weighted by Gasteiger charge is -2.39. The molecule has 0 radical (unpaired) electrons. The van der Waals surface area contributed by atoms with Crippen molar-refractivity contribution in [1.82, 2.24) is 4.90 Å². The summed E-state index contributed by atoms with van der Waals surface area (Å²) in [6, 6.07) is 7.65. The maximum atomic E-state index is 11.0. The molecule has 1 fully saturated rings. The van der Waals surface area contributed by atoms with Gasteiger partial charge in [-0.3, -0.25) is 4.90 Å². The second-order valence-electron chi connectivity index (χ2n) is 6.18. The molecule has 110 valence electrons. The molecule has 1 aromatic carbocycles. The lowest BCUT2D eigenvalue weighted by Crippen LogP contribution is -2.44. The summed E-state index contributed by atoms with van der Waals surface area (Å²) in [5, 5.41) is 9.03. The van der Waals surface area contributed by atoms with Gasteiger partial charge in [-0.2, -0.15) is 0 Å². The average Bonchev–Trinajstić information content (AvgIpc) is 2.37. The third-order valence-electron chi connectivity index (χ3n) is 3.90. The molecule has 2 rings (SSSR count). The molecular formula is C16H23NO3. The van der Waals surface area contributed by atoms with Crippen LogP contribution in [0.15, 0.2) is 24.3 Å². The Morgan fingerprint density at radius 3 is 2.90 bits per heavy atom. The van der Waals surface area contributed by atoms with E-state index in [4.69, 9.17) is 9.84 Å². The van der Waals surface area contributed by atoms with E-state index in [0.29, 0.717) is 11.6 Å². The number of carboxylic acids is 1. The minimum Gasteiger partial charge on any atom is -0.478 e. The number of rotatable bonds is 4. The van der Waals surface area contributed by atoms with Crippen molar-refractivity contribution in [3.63, 3.8) is 0 Å². The largest absolute Gasteiger partial charge is 0.478 e. The van der Waals surface area contributed by atoms with E-state index >= 15 is 0 Å². The van der Waals surface area contributed by atoms with Crippen LogP contribution in [0.4, 0.5) is 0 Å². The standard InChI is InChI=1S/C16H23NO3/c1-16(2)10-14(7-8-20-16)17(3)11-12-5-4-6-13(9-12)15(18)19/h4-6,9,14H,7-8,10-11H2,1-3H3,(H,18,19)/t14-/m0/s1. The van der Waals surface area contributed by atoms with Crippen LogP contribution in [0.5, 0.6) is 0 Å². The third-order valence-corrected chi connectivity index (χ3v) is 3.90. The Bertz CT molecular complexity index is 484. The molecule has 0 saturated carbocycles. The molecule has 0 amide bonds. The van der Waals surface area contributed by atoms with Gasteiger partial charge in [0.25, 0.3) is 0 Å². The number of carboxylic acid groups (broad SMARTS) is 1. The van der Waals surface area contributed by atoms with Crippen LogP contribution in [0.3, 0.4) is 0 Å². The van der Waals surface area contributed by atoms with Gasteiger partial charge in [0.2, 0.25) is 0 Å². The summed E-state index contributed by atoms with van der Waals surface area (Å²) < 4.78 is 5.74. The number of carbonyl (C=O) groups is 1. The Morgan fingerprint density at radius 2 is 2.25 bits per heavy atom. The summed E-state index contributed by atoms with van der Waals surface area (Å²) in [5.41, 5.74) is 1.32. The van der Waals surface area contributed by atoms with Crippen molar-refractivity contribution in [2.24, 2.45) is 0 Å². The van der Waals surface area contributed by atoms with Gasteiger partial charge in [0.15, 0.2) is 0 Å². The number of hydrogen-bond acceptors (Lipinski definition) is 3. The number of nitrogens with zero attached hydrogens (tertiary/aromatic N) is 1. The van der Waals surface area contributed by atoms with Gasteiger partial charge in [-0.1, -0.05) is 12.1 Å². The highest BCUT2D eigenvalue weighted by atomic mass is 16.5. The van der Waals surface area contributed by atoms with Gasteiger partial charge >= 0.3 is 5.97 Å². The van der Waals surface area contributed by atoms with E-state index in [9.17, 15) is 4.79 Å². The van der Waals surface area contributed by atoms with Crippen molar-refractivity contribution in [3.8, 4) is 0 Å². The van der Waals surface area contributed by atoms with Crippen LogP contribution in [-0.4, -0.2) is 41.3 Å². The fourth-order valence-electron chi connectivity index (χ4n) is 2.80. The Labute approximate surface area is 120 Å². The smallest absolute Gasteiger partial charge is 0.335 e. The zero-order valence-corrected chi connectivity index (χ0v) is 12.4. The molecule has 1 aromatic rings. The van der Waals surface area contributed by atoms with Crippen LogP contribution in [-0.2, 0) is 11.3 Å². The molecule has 0 bridgehead atoms. The maximum absolute atomic E-state index is 11.0. The average molecular weight is 277 g/mol. The first-order valence-corrected chi connectivity index (χ1v) is 7.04. The van der Waals surface area contributed by atoms with E-state index in [1.54, 1.807) is 18.2 Å². The highest BCUT2D eigenvalue weighted by molar-refractivity contribution is 5.87. The van der Waals surface area contributed by atoms with Crippen molar-refractivity contribution in [3.05, 3.63) is 35.4 Å². The molecule has 20 heavy (non-hydrogen) atoms. The van der Waals surface area contributed by atoms with E-state index in [-0.39, 0.29) is 5.60 Å². The molecule has 1 atom stereocenters. The fraction of sp³-hybridized carbons (Fsp3) is 0.562. The number of ether oxygens (including phenoxy) is 1. The Kier molecular flexibility index (Phi) is 4.45. The zero-order chi connectivity index (χ0) is 14.8. The van der Waals surface area contributed by atoms with Crippen LogP contribution in [0.2, 0.25) is 0 Å². The lowest BCUT2D eigenvalue weighted by molar-refractivity contribution is -0.0809. The minimum absolute atomic E-state index is 0.0694. The van der Waals surface area contributed by atoms with Gasteiger partial charge in [0.05, 0.1) is 11.2 Å². The highest BCUT2D eigenvalue weighted by Crippen LogP contribution is 2.27. The third kappa shape index (κ3) is 3.81. The number of hydrogen-bond donors (Lipinski definition) is 1. The summed E-state index contributed by atoms with van der Waals surface area (Å²) in [5.74, 6) is -0.873. The maximum Gasteiger partial charge on any atom is 0.335 e. The number of aromatic carboxylic acids is 1. The van der Waals surface area contributed by atoms with Gasteiger partial charge in [-0.25, -0.2) is 4.79 Å². The van der Waals surface area contributed by atoms with E-state index in [1.165, 1.54) is 0 Å². The molecule has 0 aliphatic carbocycles. The monoisotopic (exact) mass is 277 g/mol. The molecule has 0 aromatic heterocycles. The first-order valence-electron chi connectivity index (χ1n) is 7.04. The SMILES string of the molecule is CN(Cc1cccc(C(=O)O)c1)[C@H]1CCOC(C)(C)C1. The molecule has 4 heteroatoms. The van der Waals surface area contributed by atoms with Crippen molar-refractivity contribution in [2.45, 2.75) is 44.9 Å². The topological polar surface area (TPSA) is 49.8 Å². The summed E-state index contributed by atoms with van der Waals surface area (Å²) in [6.07, 6.45) is 2.03. The van der Waals surface area contributed by atoms with E-state index in [0.717, 1.165) is 31.6 Å². The zero-order valence-electron chi connectivity index (χ0n) is 12.4. The molecule has 1 N–H and O–H groups in total. The summed E-state index contributed by atoms with van der Waals surface area (Å²) in [4.78, 5) is 13.3. The van der Waals surface area contributed by atoms with Gasteiger partial charge in [0, 0.05) is 19.2 Å². The second-order valence-corrected chi connectivity index (χ2v) is 6.18. The van der Waals surface area contributed by atoms with Crippen molar-refractivity contribution < 1.29 is 14.6 Å². The van der Waals surface area contributed by atoms with Crippen molar-refractivity contribution >= 4 is 5.97 Å². The number of benzene rings is 1. The van der Waals surface area contributed by atoms with Crippen LogP contribution in [0.25, 0.3) is 0 Å². The van der Waals surface area contributed by atoms with Crippen LogP contribution < -0.4 is 0 Å². The summed E-state index contributed by atoms with van der Waals surface area (Å²) in [7, 11) is 2.10. The highest BCUT2D eigenvalue weighted by Gasteiger charge is 2.30. The normalized spacial score (nSPS) is 21.9. The van der Waals surface area contributed by atoms with E-state index in [2.05, 4.69) is 25.8 Å². The quantitative estimate of drug-likeness (QED) is 0.919. The van der Waals surface area contributed by atoms with Gasteiger partial charge in [-0.05, 0) is 51.4 Å². The molecule has 1 aliphatic rings. The van der Waals surface area contributed by atoms with Crippen molar-refractivity contribution in [1.29, 1.82) is 0 Å². The Balaban J connectivity index is 2.02. The predicted molar refractivity (Wildman–Crippen MR) is 77.9 cm³/mol. The van der Waals surface area contributed by atoms with E-state index in [1.807, 2.05) is 6.07 Å². The first-order chi connectivity index (χ1) is 9.37. The van der Waals surface area contributed by atoms with Gasteiger partial charge < -0.3 is 9.84 Å². The summed E-state index contributed by atoms with van der Waals surface area (Å²) in [6.45, 7) is 5.80. The van der Waals surface area contributed by atoms with Gasteiger partial charge in [-0.15, -0.1) is 0 Å². The Morgan fingerprint density at radius 1 is 1.50 bits per heavy atom. The molecule has 0 spiro atoms. The van der Waals surface area contributed by atoms with E-state index < -0.39 is 5.97 Å². The summed E-state index contributed by atoms with van der Waals surface area (Å²) >= 11 is 0. The van der Waals surface area contributed by atoms with Crippen LogP contribution >= 0.6 is 0 Å². The fourth-order valence-corrected chi connectivity index (χ4v) is 2.80. The van der Waals surface area contributed by atoms with Crippen LogP contribution in [0.1, 0.15) is 42.6 Å². The second kappa shape index (κ2) is 5.94. The minimum atomic E-state index is -0.873. The van der Waals surface area contributed by atoms with Crippen LogP contribution in [0, 0.1) is 0 Å². The molecular weight excluding hydrogens is 254 g/mol. The molecule has 1 aliphatic heterocycles. The van der Waals surface area contributed by atoms with Gasteiger partial charge in [0.1, 0.15) is 0 Å². The molecule has 1 heterocycles. The predicted octanol–water partition coefficient (Wildman–Crippen LogP) is 2.77. The molecule has 1 saturated heterocycles.